The Balaban J connectivity index is 1.66. The fourth-order valence-electron chi connectivity index (χ4n) is 3.98. The van der Waals surface area contributed by atoms with Crippen LogP contribution in [0.4, 0.5) is 13.2 Å². The maximum absolute atomic E-state index is 12.5. The molecule has 1 atom stereocenters. The van der Waals surface area contributed by atoms with E-state index in [4.69, 9.17) is 0 Å². The molecule has 3 heterocycles. The molecule has 0 bridgehead atoms. The molecule has 1 saturated heterocycles. The number of alkyl halides is 3. The highest BCUT2D eigenvalue weighted by molar-refractivity contribution is 5.95. The molecule has 1 aromatic carbocycles. The standard InChI is InChI=1S/C19H20F3N3O2/c20-19(21,22)27-15-3-1-2-13(8-15)14-9-16-18(26)24-10-17(25(16)11-14)12-4-6-23-7-5-12/h1-3,8-9,11-12,17,23H,4-7,10H2,(H,24,26). The van der Waals surface area contributed by atoms with Crippen LogP contribution in [0.2, 0.25) is 0 Å². The molecule has 5 nitrogen and oxygen atoms in total. The fourth-order valence-corrected chi connectivity index (χ4v) is 3.98. The predicted molar refractivity (Wildman–Crippen MR) is 93.5 cm³/mol. The van der Waals surface area contributed by atoms with Crippen molar-refractivity contribution in [1.82, 2.24) is 15.2 Å². The number of ether oxygens (including phenoxy) is 1. The Morgan fingerprint density at radius 2 is 1.89 bits per heavy atom. The third-order valence-electron chi connectivity index (χ3n) is 5.24. The van der Waals surface area contributed by atoms with E-state index < -0.39 is 6.36 Å². The highest BCUT2D eigenvalue weighted by atomic mass is 19.4. The number of halogens is 3. The smallest absolute Gasteiger partial charge is 0.406 e. The minimum atomic E-state index is -4.74. The Labute approximate surface area is 154 Å². The number of nitrogens with one attached hydrogen (secondary N) is 2. The Hall–Kier alpha value is -2.48. The molecule has 2 aromatic rings. The van der Waals surface area contributed by atoms with E-state index in [1.165, 1.54) is 18.2 Å². The molecule has 0 aliphatic carbocycles. The van der Waals surface area contributed by atoms with Gasteiger partial charge in [0.05, 0.1) is 6.04 Å². The molecule has 0 saturated carbocycles. The fraction of sp³-hybridized carbons (Fsp3) is 0.421. The molecule has 2 aliphatic rings. The van der Waals surface area contributed by atoms with E-state index in [1.54, 1.807) is 12.1 Å². The van der Waals surface area contributed by atoms with Crippen LogP contribution in [-0.4, -0.2) is 36.5 Å². The van der Waals surface area contributed by atoms with Gasteiger partial charge in [-0.25, -0.2) is 0 Å². The van der Waals surface area contributed by atoms with Gasteiger partial charge in [-0.3, -0.25) is 4.79 Å². The summed E-state index contributed by atoms with van der Waals surface area (Å²) < 4.78 is 43.5. The quantitative estimate of drug-likeness (QED) is 0.860. The van der Waals surface area contributed by atoms with Gasteiger partial charge in [-0.05, 0) is 55.6 Å². The van der Waals surface area contributed by atoms with Gasteiger partial charge < -0.3 is 19.9 Å². The number of carbonyl (C=O) groups excluding carboxylic acids is 1. The van der Waals surface area contributed by atoms with Gasteiger partial charge in [-0.2, -0.15) is 0 Å². The van der Waals surface area contributed by atoms with Crippen LogP contribution in [0.15, 0.2) is 36.5 Å². The minimum Gasteiger partial charge on any atom is -0.406 e. The lowest BCUT2D eigenvalue weighted by atomic mass is 9.89. The number of hydrogen-bond donors (Lipinski definition) is 2. The van der Waals surface area contributed by atoms with Crippen LogP contribution in [0.3, 0.4) is 0 Å². The average molecular weight is 379 g/mol. The predicted octanol–water partition coefficient (Wildman–Crippen LogP) is 3.34. The number of amides is 1. The molecule has 144 valence electrons. The van der Waals surface area contributed by atoms with Crippen LogP contribution in [0, 0.1) is 5.92 Å². The van der Waals surface area contributed by atoms with Crippen molar-refractivity contribution >= 4 is 5.91 Å². The zero-order chi connectivity index (χ0) is 19.0. The molecule has 2 aliphatic heterocycles. The zero-order valence-corrected chi connectivity index (χ0v) is 14.6. The number of benzene rings is 1. The van der Waals surface area contributed by atoms with Gasteiger partial charge >= 0.3 is 6.36 Å². The van der Waals surface area contributed by atoms with E-state index in [0.717, 1.165) is 25.9 Å². The normalized spacial score (nSPS) is 20.9. The molecule has 2 N–H and O–H groups in total. The molecule has 8 heteroatoms. The van der Waals surface area contributed by atoms with Crippen molar-refractivity contribution in [3.8, 4) is 16.9 Å². The van der Waals surface area contributed by atoms with Crippen LogP contribution in [0.25, 0.3) is 11.1 Å². The second-order valence-electron chi connectivity index (χ2n) is 6.96. The number of aromatic nitrogens is 1. The number of fused-ring (bicyclic) bond motifs is 1. The van der Waals surface area contributed by atoms with Crippen molar-refractivity contribution in [3.63, 3.8) is 0 Å². The zero-order valence-electron chi connectivity index (χ0n) is 14.6. The monoisotopic (exact) mass is 379 g/mol. The van der Waals surface area contributed by atoms with Crippen molar-refractivity contribution in [2.24, 2.45) is 5.92 Å². The van der Waals surface area contributed by atoms with Gasteiger partial charge in [0.25, 0.3) is 5.91 Å². The van der Waals surface area contributed by atoms with E-state index in [1.807, 2.05) is 10.8 Å². The number of rotatable bonds is 3. The van der Waals surface area contributed by atoms with E-state index in [-0.39, 0.29) is 17.7 Å². The van der Waals surface area contributed by atoms with Crippen LogP contribution in [0.5, 0.6) is 5.75 Å². The van der Waals surface area contributed by atoms with Crippen molar-refractivity contribution in [3.05, 3.63) is 42.2 Å². The SMILES string of the molecule is O=C1NCC(C2CCNCC2)n2cc(-c3cccc(OC(F)(F)F)c3)cc21. The summed E-state index contributed by atoms with van der Waals surface area (Å²) in [5.74, 6) is 0.0170. The Morgan fingerprint density at radius 1 is 1.11 bits per heavy atom. The molecule has 1 fully saturated rings. The van der Waals surface area contributed by atoms with Gasteiger partial charge in [0.1, 0.15) is 11.4 Å². The summed E-state index contributed by atoms with van der Waals surface area (Å²) >= 11 is 0. The lowest BCUT2D eigenvalue weighted by Gasteiger charge is -2.35. The van der Waals surface area contributed by atoms with E-state index in [0.29, 0.717) is 29.3 Å². The first kappa shape index (κ1) is 17.9. The first-order chi connectivity index (χ1) is 12.9. The minimum absolute atomic E-state index is 0.156. The highest BCUT2D eigenvalue weighted by Gasteiger charge is 2.33. The average Bonchev–Trinajstić information content (AvgIpc) is 3.08. The van der Waals surface area contributed by atoms with Crippen LogP contribution < -0.4 is 15.4 Å². The highest BCUT2D eigenvalue weighted by Crippen LogP contribution is 2.34. The lowest BCUT2D eigenvalue weighted by Crippen LogP contribution is -2.43. The molecular formula is C19H20F3N3O2. The number of nitrogens with zero attached hydrogens (tertiary/aromatic N) is 1. The van der Waals surface area contributed by atoms with Gasteiger partial charge in [0.2, 0.25) is 0 Å². The van der Waals surface area contributed by atoms with Crippen LogP contribution in [-0.2, 0) is 0 Å². The van der Waals surface area contributed by atoms with Crippen molar-refractivity contribution in [1.29, 1.82) is 0 Å². The third-order valence-corrected chi connectivity index (χ3v) is 5.24. The largest absolute Gasteiger partial charge is 0.573 e. The van der Waals surface area contributed by atoms with Gasteiger partial charge in [-0.1, -0.05) is 12.1 Å². The number of hydrogen-bond acceptors (Lipinski definition) is 3. The third kappa shape index (κ3) is 3.80. The first-order valence-corrected chi connectivity index (χ1v) is 8.98. The molecule has 1 amide bonds. The number of piperidine rings is 1. The summed E-state index contributed by atoms with van der Waals surface area (Å²) in [7, 11) is 0. The topological polar surface area (TPSA) is 55.3 Å². The first-order valence-electron chi connectivity index (χ1n) is 8.98. The van der Waals surface area contributed by atoms with E-state index in [9.17, 15) is 18.0 Å². The van der Waals surface area contributed by atoms with Crippen molar-refractivity contribution < 1.29 is 22.7 Å². The van der Waals surface area contributed by atoms with Gasteiger partial charge in [0.15, 0.2) is 0 Å². The van der Waals surface area contributed by atoms with Crippen LogP contribution in [0.1, 0.15) is 29.4 Å². The Bertz CT molecular complexity index is 841. The lowest BCUT2D eigenvalue weighted by molar-refractivity contribution is -0.274. The summed E-state index contributed by atoms with van der Waals surface area (Å²) in [6.07, 6.45) is -0.809. The molecule has 0 radical (unpaired) electrons. The second-order valence-corrected chi connectivity index (χ2v) is 6.96. The summed E-state index contributed by atoms with van der Waals surface area (Å²) in [5.41, 5.74) is 1.83. The molecular weight excluding hydrogens is 359 g/mol. The van der Waals surface area contributed by atoms with Crippen LogP contribution >= 0.6 is 0 Å². The summed E-state index contributed by atoms with van der Waals surface area (Å²) in [6.45, 7) is 2.48. The Kier molecular flexibility index (Phi) is 4.59. The van der Waals surface area contributed by atoms with E-state index in [2.05, 4.69) is 15.4 Å². The van der Waals surface area contributed by atoms with Gasteiger partial charge in [0, 0.05) is 18.3 Å². The van der Waals surface area contributed by atoms with Crippen molar-refractivity contribution in [2.75, 3.05) is 19.6 Å². The maximum atomic E-state index is 12.5. The molecule has 0 spiro atoms. The molecule has 1 unspecified atom stereocenters. The molecule has 1 aromatic heterocycles. The van der Waals surface area contributed by atoms with E-state index >= 15 is 0 Å². The van der Waals surface area contributed by atoms with Gasteiger partial charge in [-0.15, -0.1) is 13.2 Å². The molecule has 4 rings (SSSR count). The molecule has 27 heavy (non-hydrogen) atoms. The Morgan fingerprint density at radius 3 is 2.63 bits per heavy atom. The van der Waals surface area contributed by atoms with Crippen molar-refractivity contribution in [2.45, 2.75) is 25.2 Å². The summed E-state index contributed by atoms with van der Waals surface area (Å²) in [6, 6.07) is 7.71. The maximum Gasteiger partial charge on any atom is 0.573 e. The summed E-state index contributed by atoms with van der Waals surface area (Å²) in [5, 5.41) is 6.28. The summed E-state index contributed by atoms with van der Waals surface area (Å²) in [4.78, 5) is 12.3. The second kappa shape index (κ2) is 6.92. The number of carbonyl (C=O) groups is 1.